The molecular weight excluding hydrogens is 270 g/mol. The lowest BCUT2D eigenvalue weighted by Crippen LogP contribution is -2.19. The number of para-hydroxylation sites is 1. The van der Waals surface area contributed by atoms with Gasteiger partial charge in [0.05, 0.1) is 18.5 Å². The number of aromatic nitrogens is 1. The van der Waals surface area contributed by atoms with Crippen molar-refractivity contribution in [3.8, 4) is 5.69 Å². The number of allylic oxidation sites excluding steroid dienone is 1. The van der Waals surface area contributed by atoms with Gasteiger partial charge in [0, 0.05) is 17.9 Å². The Labute approximate surface area is 121 Å². The van der Waals surface area contributed by atoms with E-state index in [2.05, 4.69) is 0 Å². The maximum atomic E-state index is 12.2. The third-order valence-electron chi connectivity index (χ3n) is 3.62. The van der Waals surface area contributed by atoms with Crippen LogP contribution in [-0.4, -0.2) is 17.6 Å². The molecule has 0 radical (unpaired) electrons. The molecule has 0 saturated heterocycles. The van der Waals surface area contributed by atoms with Crippen molar-refractivity contribution in [1.29, 1.82) is 0 Å². The van der Waals surface area contributed by atoms with Gasteiger partial charge in [0.15, 0.2) is 0 Å². The van der Waals surface area contributed by atoms with Gasteiger partial charge in [0.1, 0.15) is 5.76 Å². The van der Waals surface area contributed by atoms with Crippen molar-refractivity contribution in [2.24, 2.45) is 0 Å². The van der Waals surface area contributed by atoms with E-state index in [4.69, 9.17) is 9.15 Å². The average Bonchev–Trinajstić information content (AvgIpc) is 2.84. The van der Waals surface area contributed by atoms with Gasteiger partial charge in [-0.25, -0.2) is 14.2 Å². The number of benzene rings is 1. The Hall–Kier alpha value is -2.56. The molecule has 1 heterocycles. The number of methoxy groups -OCH3 is 1. The van der Waals surface area contributed by atoms with E-state index < -0.39 is 5.76 Å². The number of ether oxygens (including phenoxy) is 1. The minimum atomic E-state index is -0.433. The molecule has 0 aliphatic heterocycles. The van der Waals surface area contributed by atoms with Crippen molar-refractivity contribution in [3.05, 3.63) is 64.0 Å². The fourth-order valence-electron chi connectivity index (χ4n) is 2.67. The van der Waals surface area contributed by atoms with Gasteiger partial charge < -0.3 is 9.15 Å². The summed E-state index contributed by atoms with van der Waals surface area (Å²) in [5, 5.41) is 0. The summed E-state index contributed by atoms with van der Waals surface area (Å²) in [4.78, 5) is 23.9. The zero-order valence-electron chi connectivity index (χ0n) is 11.8. The summed E-state index contributed by atoms with van der Waals surface area (Å²) in [6, 6.07) is 9.24. The summed E-state index contributed by atoms with van der Waals surface area (Å²) >= 11 is 0. The fraction of sp³-hybridized carbons (Fsp3) is 0.250. The Kier molecular flexibility index (Phi) is 3.25. The third kappa shape index (κ3) is 2.20. The van der Waals surface area contributed by atoms with E-state index >= 15 is 0 Å². The zero-order chi connectivity index (χ0) is 15.0. The molecule has 1 aromatic heterocycles. The Bertz CT molecular complexity index is 767. The molecule has 5 heteroatoms. The normalized spacial score (nSPS) is 17.0. The molecule has 21 heavy (non-hydrogen) atoms. The predicted octanol–water partition coefficient (Wildman–Crippen LogP) is 2.19. The van der Waals surface area contributed by atoms with Crippen LogP contribution in [0.5, 0.6) is 0 Å². The lowest BCUT2D eigenvalue weighted by Gasteiger charge is -2.17. The van der Waals surface area contributed by atoms with Crippen LogP contribution in [0.4, 0.5) is 0 Å². The van der Waals surface area contributed by atoms with Gasteiger partial charge in [-0.05, 0) is 12.1 Å². The van der Waals surface area contributed by atoms with E-state index in [9.17, 15) is 9.59 Å². The van der Waals surface area contributed by atoms with Crippen LogP contribution in [0.25, 0.3) is 5.69 Å². The number of nitrogens with zero attached hydrogens (tertiary/aromatic N) is 1. The van der Waals surface area contributed by atoms with Crippen molar-refractivity contribution in [3.63, 3.8) is 0 Å². The van der Waals surface area contributed by atoms with Crippen LogP contribution in [0.2, 0.25) is 0 Å². The van der Waals surface area contributed by atoms with Gasteiger partial charge >= 0.3 is 11.7 Å². The molecule has 1 aromatic carbocycles. The van der Waals surface area contributed by atoms with Crippen LogP contribution >= 0.6 is 0 Å². The van der Waals surface area contributed by atoms with E-state index in [1.54, 1.807) is 6.08 Å². The number of oxazole rings is 1. The fourth-order valence-corrected chi connectivity index (χ4v) is 2.67. The Morgan fingerprint density at radius 1 is 1.33 bits per heavy atom. The van der Waals surface area contributed by atoms with E-state index in [1.165, 1.54) is 11.7 Å². The average molecular weight is 285 g/mol. The molecule has 1 atom stereocenters. The van der Waals surface area contributed by atoms with E-state index in [1.807, 2.05) is 37.3 Å². The second-order valence-electron chi connectivity index (χ2n) is 5.00. The van der Waals surface area contributed by atoms with Crippen molar-refractivity contribution >= 4 is 5.97 Å². The SMILES string of the molecule is COC(=O)C1=CC(C)c2oc(=O)n(-c3ccccc3)c2C1. The van der Waals surface area contributed by atoms with E-state index in [0.29, 0.717) is 23.4 Å². The molecule has 2 aromatic rings. The standard InChI is InChI=1S/C16H15NO4/c1-10-8-11(15(18)20-2)9-13-14(10)21-16(19)17(13)12-6-4-3-5-7-12/h3-8,10H,9H2,1-2H3. The molecular formula is C16H15NO4. The highest BCUT2D eigenvalue weighted by molar-refractivity contribution is 5.89. The van der Waals surface area contributed by atoms with Crippen LogP contribution in [0, 0.1) is 0 Å². The summed E-state index contributed by atoms with van der Waals surface area (Å²) in [6.45, 7) is 1.89. The first-order valence-electron chi connectivity index (χ1n) is 6.71. The highest BCUT2D eigenvalue weighted by atomic mass is 16.5. The third-order valence-corrected chi connectivity index (χ3v) is 3.62. The molecule has 0 fully saturated rings. The molecule has 3 rings (SSSR count). The minimum absolute atomic E-state index is 0.138. The van der Waals surface area contributed by atoms with Crippen LogP contribution in [0.15, 0.2) is 51.2 Å². The van der Waals surface area contributed by atoms with E-state index in [0.717, 1.165) is 5.69 Å². The van der Waals surface area contributed by atoms with Crippen LogP contribution in [0.1, 0.15) is 24.3 Å². The van der Waals surface area contributed by atoms with Gasteiger partial charge in [-0.15, -0.1) is 0 Å². The maximum Gasteiger partial charge on any atom is 0.424 e. The molecule has 0 bridgehead atoms. The van der Waals surface area contributed by atoms with Gasteiger partial charge in [-0.1, -0.05) is 31.2 Å². The minimum Gasteiger partial charge on any atom is -0.466 e. The molecule has 0 amide bonds. The Balaban J connectivity index is 2.13. The van der Waals surface area contributed by atoms with E-state index in [-0.39, 0.29) is 11.9 Å². The maximum absolute atomic E-state index is 12.2. The number of hydrogen-bond acceptors (Lipinski definition) is 4. The van der Waals surface area contributed by atoms with Gasteiger partial charge in [0.25, 0.3) is 0 Å². The van der Waals surface area contributed by atoms with Crippen LogP contribution < -0.4 is 5.76 Å². The monoisotopic (exact) mass is 285 g/mol. The van der Waals surface area contributed by atoms with Gasteiger partial charge in [-0.3, -0.25) is 0 Å². The largest absolute Gasteiger partial charge is 0.466 e. The molecule has 5 nitrogen and oxygen atoms in total. The summed E-state index contributed by atoms with van der Waals surface area (Å²) in [6.07, 6.45) is 2.11. The highest BCUT2D eigenvalue weighted by Gasteiger charge is 2.29. The van der Waals surface area contributed by atoms with Crippen LogP contribution in [-0.2, 0) is 16.0 Å². The summed E-state index contributed by atoms with van der Waals surface area (Å²) in [5.41, 5.74) is 1.98. The Morgan fingerprint density at radius 3 is 2.71 bits per heavy atom. The lowest BCUT2D eigenvalue weighted by atomic mass is 9.93. The number of carbonyl (C=O) groups is 1. The first kappa shape index (κ1) is 13.4. The van der Waals surface area contributed by atoms with Crippen molar-refractivity contribution in [2.75, 3.05) is 7.11 Å². The van der Waals surface area contributed by atoms with Gasteiger partial charge in [-0.2, -0.15) is 0 Å². The smallest absolute Gasteiger partial charge is 0.424 e. The zero-order valence-corrected chi connectivity index (χ0v) is 11.8. The molecule has 0 saturated carbocycles. The molecule has 1 aliphatic rings. The topological polar surface area (TPSA) is 61.4 Å². The summed E-state index contributed by atoms with van der Waals surface area (Å²) in [5.74, 6) is -0.338. The van der Waals surface area contributed by atoms with Crippen molar-refractivity contribution < 1.29 is 13.9 Å². The van der Waals surface area contributed by atoms with Gasteiger partial charge in [0.2, 0.25) is 0 Å². The van der Waals surface area contributed by atoms with Crippen molar-refractivity contribution in [2.45, 2.75) is 19.3 Å². The van der Waals surface area contributed by atoms with Crippen molar-refractivity contribution in [1.82, 2.24) is 4.57 Å². The number of hydrogen-bond donors (Lipinski definition) is 0. The quantitative estimate of drug-likeness (QED) is 0.794. The summed E-state index contributed by atoms with van der Waals surface area (Å²) in [7, 11) is 1.35. The first-order chi connectivity index (χ1) is 10.1. The molecule has 108 valence electrons. The number of esters is 1. The number of fused-ring (bicyclic) bond motifs is 1. The molecule has 1 unspecified atom stereocenters. The lowest BCUT2D eigenvalue weighted by molar-refractivity contribution is -0.136. The summed E-state index contributed by atoms with van der Waals surface area (Å²) < 4.78 is 11.7. The first-order valence-corrected chi connectivity index (χ1v) is 6.71. The second-order valence-corrected chi connectivity index (χ2v) is 5.00. The predicted molar refractivity (Wildman–Crippen MR) is 76.5 cm³/mol. The molecule has 1 aliphatic carbocycles. The molecule has 0 N–H and O–H groups in total. The van der Waals surface area contributed by atoms with Crippen LogP contribution in [0.3, 0.4) is 0 Å². The number of rotatable bonds is 2. The Morgan fingerprint density at radius 2 is 2.05 bits per heavy atom. The number of carbonyl (C=O) groups excluding carboxylic acids is 1. The second kappa shape index (κ2) is 5.09. The molecule has 0 spiro atoms. The highest BCUT2D eigenvalue weighted by Crippen LogP contribution is 2.31.